The van der Waals surface area contributed by atoms with Crippen LogP contribution in [-0.4, -0.2) is 18.4 Å². The smallest absolute Gasteiger partial charge is 0.369 e. The summed E-state index contributed by atoms with van der Waals surface area (Å²) >= 11 is 0. The fourth-order valence-corrected chi connectivity index (χ4v) is 2.13. The average molecular weight is 290 g/mol. The van der Waals surface area contributed by atoms with Gasteiger partial charge < -0.3 is 10.6 Å². The molecular formula is C12H10F4N2O2. The van der Waals surface area contributed by atoms with E-state index in [-0.39, 0.29) is 13.0 Å². The lowest BCUT2D eigenvalue weighted by atomic mass is 10.1. The molecule has 1 aliphatic rings. The normalized spacial score (nSPS) is 19.5. The highest BCUT2D eigenvalue weighted by molar-refractivity contribution is 6.00. The molecule has 2 amide bonds. The molecule has 108 valence electrons. The van der Waals surface area contributed by atoms with E-state index < -0.39 is 41.0 Å². The summed E-state index contributed by atoms with van der Waals surface area (Å²) in [5.74, 6) is -3.64. The Morgan fingerprint density at radius 1 is 1.35 bits per heavy atom. The molecule has 2 rings (SSSR count). The number of amides is 2. The number of primary amides is 1. The number of anilines is 1. The summed E-state index contributed by atoms with van der Waals surface area (Å²) in [6.07, 6.45) is -5.12. The third kappa shape index (κ3) is 2.45. The summed E-state index contributed by atoms with van der Waals surface area (Å²) < 4.78 is 52.3. The minimum Gasteiger partial charge on any atom is -0.369 e. The SMILES string of the molecule is NC(=O)C1CC(=O)N(c2c(F)cccc2C(F)(F)F)C1. The van der Waals surface area contributed by atoms with E-state index in [2.05, 4.69) is 0 Å². The second-order valence-corrected chi connectivity index (χ2v) is 4.44. The van der Waals surface area contributed by atoms with Gasteiger partial charge in [0.1, 0.15) is 5.82 Å². The van der Waals surface area contributed by atoms with Crippen LogP contribution in [0, 0.1) is 11.7 Å². The lowest BCUT2D eigenvalue weighted by Crippen LogP contribution is -2.30. The molecule has 1 heterocycles. The van der Waals surface area contributed by atoms with Gasteiger partial charge in [0.05, 0.1) is 17.2 Å². The third-order valence-electron chi connectivity index (χ3n) is 3.09. The van der Waals surface area contributed by atoms with Crippen molar-refractivity contribution in [3.63, 3.8) is 0 Å². The Labute approximate surface area is 111 Å². The van der Waals surface area contributed by atoms with Crippen molar-refractivity contribution in [2.24, 2.45) is 11.7 Å². The number of para-hydroxylation sites is 1. The van der Waals surface area contributed by atoms with Crippen LogP contribution >= 0.6 is 0 Å². The van der Waals surface area contributed by atoms with Gasteiger partial charge in [-0.3, -0.25) is 9.59 Å². The molecule has 1 fully saturated rings. The number of nitrogens with zero attached hydrogens (tertiary/aromatic N) is 1. The Balaban J connectivity index is 2.48. The highest BCUT2D eigenvalue weighted by Crippen LogP contribution is 2.40. The topological polar surface area (TPSA) is 63.4 Å². The summed E-state index contributed by atoms with van der Waals surface area (Å²) in [7, 11) is 0. The number of hydrogen-bond donors (Lipinski definition) is 1. The fraction of sp³-hybridized carbons (Fsp3) is 0.333. The highest BCUT2D eigenvalue weighted by Gasteiger charge is 2.41. The van der Waals surface area contributed by atoms with Gasteiger partial charge >= 0.3 is 6.18 Å². The number of alkyl halides is 3. The Kier molecular flexibility index (Phi) is 3.41. The largest absolute Gasteiger partial charge is 0.418 e. The number of hydrogen-bond acceptors (Lipinski definition) is 2. The van der Waals surface area contributed by atoms with Crippen molar-refractivity contribution in [1.29, 1.82) is 0 Å². The molecule has 0 aromatic heterocycles. The van der Waals surface area contributed by atoms with Crippen LogP contribution in [0.15, 0.2) is 18.2 Å². The second-order valence-electron chi connectivity index (χ2n) is 4.44. The zero-order chi connectivity index (χ0) is 15.1. The molecule has 0 radical (unpaired) electrons. The molecular weight excluding hydrogens is 280 g/mol. The van der Waals surface area contributed by atoms with Gasteiger partial charge in [-0.15, -0.1) is 0 Å². The molecule has 1 aliphatic heterocycles. The molecule has 2 N–H and O–H groups in total. The van der Waals surface area contributed by atoms with Crippen LogP contribution in [0.25, 0.3) is 0 Å². The highest BCUT2D eigenvalue weighted by atomic mass is 19.4. The van der Waals surface area contributed by atoms with Crippen molar-refractivity contribution in [3.05, 3.63) is 29.6 Å². The van der Waals surface area contributed by atoms with Crippen LogP contribution in [0.3, 0.4) is 0 Å². The molecule has 1 saturated heterocycles. The lowest BCUT2D eigenvalue weighted by Gasteiger charge is -2.22. The van der Waals surface area contributed by atoms with Crippen molar-refractivity contribution in [1.82, 2.24) is 0 Å². The molecule has 1 atom stereocenters. The van der Waals surface area contributed by atoms with E-state index in [9.17, 15) is 27.2 Å². The number of nitrogens with two attached hydrogens (primary N) is 1. The Hall–Kier alpha value is -2.12. The first-order valence-electron chi connectivity index (χ1n) is 5.67. The summed E-state index contributed by atoms with van der Waals surface area (Å²) in [6.45, 7) is -0.349. The van der Waals surface area contributed by atoms with Gasteiger partial charge in [0, 0.05) is 13.0 Å². The maximum atomic E-state index is 13.7. The molecule has 0 spiro atoms. The maximum absolute atomic E-state index is 13.7. The standard InChI is InChI=1S/C12H10F4N2O2/c13-8-3-1-2-7(12(14,15)16)10(8)18-5-6(11(17)20)4-9(18)19/h1-3,6H,4-5H2,(H2,17,20). The van der Waals surface area contributed by atoms with Gasteiger partial charge in [-0.2, -0.15) is 13.2 Å². The van der Waals surface area contributed by atoms with Gasteiger partial charge in [-0.1, -0.05) is 6.07 Å². The van der Waals surface area contributed by atoms with Crippen molar-refractivity contribution >= 4 is 17.5 Å². The molecule has 20 heavy (non-hydrogen) atoms. The van der Waals surface area contributed by atoms with E-state index in [0.717, 1.165) is 12.1 Å². The Bertz CT molecular complexity index is 571. The summed E-state index contributed by atoms with van der Waals surface area (Å²) in [5.41, 5.74) is 2.92. The van der Waals surface area contributed by atoms with Crippen LogP contribution in [0.1, 0.15) is 12.0 Å². The zero-order valence-electron chi connectivity index (χ0n) is 10.1. The van der Waals surface area contributed by atoms with Crippen molar-refractivity contribution < 1.29 is 27.2 Å². The maximum Gasteiger partial charge on any atom is 0.418 e. The first-order valence-corrected chi connectivity index (χ1v) is 5.67. The van der Waals surface area contributed by atoms with Gasteiger partial charge in [0.25, 0.3) is 0 Å². The van der Waals surface area contributed by atoms with Crippen LogP contribution < -0.4 is 10.6 Å². The molecule has 1 aromatic rings. The monoisotopic (exact) mass is 290 g/mol. The van der Waals surface area contributed by atoms with Crippen LogP contribution in [0.2, 0.25) is 0 Å². The van der Waals surface area contributed by atoms with E-state index >= 15 is 0 Å². The average Bonchev–Trinajstić information content (AvgIpc) is 2.70. The predicted molar refractivity (Wildman–Crippen MR) is 61.1 cm³/mol. The second kappa shape index (κ2) is 4.77. The molecule has 1 aromatic carbocycles. The third-order valence-corrected chi connectivity index (χ3v) is 3.09. The number of carbonyl (C=O) groups excluding carboxylic acids is 2. The quantitative estimate of drug-likeness (QED) is 0.842. The number of halogens is 4. The van der Waals surface area contributed by atoms with Crippen LogP contribution in [0.4, 0.5) is 23.2 Å². The summed E-state index contributed by atoms with van der Waals surface area (Å²) in [4.78, 5) is 23.4. The molecule has 4 nitrogen and oxygen atoms in total. The van der Waals surface area contributed by atoms with Crippen molar-refractivity contribution in [3.8, 4) is 0 Å². The molecule has 0 saturated carbocycles. The lowest BCUT2D eigenvalue weighted by molar-refractivity contribution is -0.137. The zero-order valence-corrected chi connectivity index (χ0v) is 10.1. The Morgan fingerprint density at radius 2 is 2.00 bits per heavy atom. The van der Waals surface area contributed by atoms with Gasteiger partial charge in [0.2, 0.25) is 11.8 Å². The van der Waals surface area contributed by atoms with E-state index in [1.54, 1.807) is 0 Å². The van der Waals surface area contributed by atoms with Crippen LogP contribution in [-0.2, 0) is 15.8 Å². The number of rotatable bonds is 2. The van der Waals surface area contributed by atoms with Crippen molar-refractivity contribution in [2.75, 3.05) is 11.4 Å². The molecule has 8 heteroatoms. The minimum atomic E-state index is -4.80. The van der Waals surface area contributed by atoms with E-state index in [4.69, 9.17) is 5.73 Å². The predicted octanol–water partition coefficient (Wildman–Crippen LogP) is 1.68. The summed E-state index contributed by atoms with van der Waals surface area (Å²) in [6, 6.07) is 2.42. The van der Waals surface area contributed by atoms with E-state index in [0.29, 0.717) is 11.0 Å². The molecule has 1 unspecified atom stereocenters. The molecule has 0 bridgehead atoms. The summed E-state index contributed by atoms with van der Waals surface area (Å²) in [5, 5.41) is 0. The molecule has 0 aliphatic carbocycles. The Morgan fingerprint density at radius 3 is 2.50 bits per heavy atom. The van der Waals surface area contributed by atoms with E-state index in [1.165, 1.54) is 0 Å². The van der Waals surface area contributed by atoms with Gasteiger partial charge in [0.15, 0.2) is 0 Å². The first kappa shape index (κ1) is 14.3. The number of benzene rings is 1. The minimum absolute atomic E-state index is 0.318. The van der Waals surface area contributed by atoms with Gasteiger partial charge in [-0.05, 0) is 12.1 Å². The van der Waals surface area contributed by atoms with E-state index in [1.807, 2.05) is 0 Å². The van der Waals surface area contributed by atoms with Gasteiger partial charge in [-0.25, -0.2) is 4.39 Å². The fourth-order valence-electron chi connectivity index (χ4n) is 2.13. The number of carbonyl (C=O) groups is 2. The van der Waals surface area contributed by atoms with Crippen molar-refractivity contribution in [2.45, 2.75) is 12.6 Å². The first-order chi connectivity index (χ1) is 9.21. The van der Waals surface area contributed by atoms with Crippen LogP contribution in [0.5, 0.6) is 0 Å².